The van der Waals surface area contributed by atoms with Crippen LogP contribution >= 0.6 is 0 Å². The van der Waals surface area contributed by atoms with Crippen molar-refractivity contribution < 1.29 is 13.3 Å². The zero-order valence-corrected chi connectivity index (χ0v) is 9.84. The van der Waals surface area contributed by atoms with E-state index in [2.05, 4.69) is 12.1 Å². The van der Waals surface area contributed by atoms with Gasteiger partial charge in [0, 0.05) is 32.3 Å². The Bertz CT molecular complexity index is 975. The van der Waals surface area contributed by atoms with Crippen molar-refractivity contribution >= 4 is 43.3 Å². The first kappa shape index (κ1) is 9.28. The normalized spacial score (nSPS) is 12.2. The second-order valence-corrected chi connectivity index (χ2v) is 4.76. The lowest BCUT2D eigenvalue weighted by molar-refractivity contribution is 0.572. The minimum Gasteiger partial charge on any atom is -0.471 e. The molecule has 2 aromatic carbocycles. The average molecular weight is 248 g/mol. The van der Waals surface area contributed by atoms with Gasteiger partial charge in [-0.1, -0.05) is 0 Å². The number of hydrogen-bond donors (Lipinski definition) is 0. The molecule has 0 aliphatic rings. The van der Waals surface area contributed by atoms with Crippen molar-refractivity contribution in [1.29, 1.82) is 0 Å². The van der Waals surface area contributed by atoms with E-state index in [0.29, 0.717) is 0 Å². The molecule has 3 heterocycles. The maximum atomic E-state index is 5.66. The molecule has 3 nitrogen and oxygen atoms in total. The molecule has 0 aliphatic carbocycles. The van der Waals surface area contributed by atoms with E-state index in [1.54, 1.807) is 31.3 Å². The van der Waals surface area contributed by atoms with Crippen LogP contribution in [0.15, 0.2) is 62.8 Å². The van der Waals surface area contributed by atoms with E-state index in [1.807, 2.05) is 6.07 Å². The topological polar surface area (TPSA) is 39.4 Å². The van der Waals surface area contributed by atoms with Gasteiger partial charge in [-0.3, -0.25) is 0 Å². The van der Waals surface area contributed by atoms with Crippen LogP contribution in [0.5, 0.6) is 0 Å². The summed E-state index contributed by atoms with van der Waals surface area (Å²) in [7, 11) is 0. The fourth-order valence-corrected chi connectivity index (χ4v) is 2.87. The van der Waals surface area contributed by atoms with Crippen molar-refractivity contribution in [3.63, 3.8) is 0 Å². The average Bonchev–Trinajstić information content (AvgIpc) is 3.15. The molecule has 0 amide bonds. The Labute approximate surface area is 107 Å². The second-order valence-electron chi connectivity index (χ2n) is 4.76. The number of benzene rings is 2. The van der Waals surface area contributed by atoms with Crippen LogP contribution in [0, 0.1) is 0 Å². The van der Waals surface area contributed by atoms with Crippen LogP contribution < -0.4 is 0 Å². The first-order valence-electron chi connectivity index (χ1n) is 6.06. The Morgan fingerprint density at radius 2 is 1.32 bits per heavy atom. The zero-order valence-electron chi connectivity index (χ0n) is 9.84. The third-order valence-corrected chi connectivity index (χ3v) is 3.77. The van der Waals surface area contributed by atoms with Crippen LogP contribution in [0.2, 0.25) is 0 Å². The molecule has 19 heavy (non-hydrogen) atoms. The maximum Gasteiger partial charge on any atom is 0.142 e. The summed E-state index contributed by atoms with van der Waals surface area (Å²) in [6.07, 6.45) is 8.79. The molecule has 0 atom stereocenters. The third-order valence-electron chi connectivity index (χ3n) is 3.77. The summed E-state index contributed by atoms with van der Waals surface area (Å²) in [6, 6.07) is 6.20. The quantitative estimate of drug-likeness (QED) is 0.383. The molecule has 0 radical (unpaired) electrons. The smallest absolute Gasteiger partial charge is 0.142 e. The molecular formula is C16H8O3. The van der Waals surface area contributed by atoms with Gasteiger partial charge in [-0.05, 0) is 23.6 Å². The lowest BCUT2D eigenvalue weighted by Gasteiger charge is -2.02. The van der Waals surface area contributed by atoms with Gasteiger partial charge in [-0.15, -0.1) is 0 Å². The Morgan fingerprint density at radius 3 is 2.16 bits per heavy atom. The van der Waals surface area contributed by atoms with E-state index >= 15 is 0 Å². The molecule has 3 aromatic heterocycles. The van der Waals surface area contributed by atoms with Crippen LogP contribution in [0.3, 0.4) is 0 Å². The lowest BCUT2D eigenvalue weighted by Crippen LogP contribution is -1.77. The van der Waals surface area contributed by atoms with Gasteiger partial charge in [-0.25, -0.2) is 0 Å². The van der Waals surface area contributed by atoms with Gasteiger partial charge < -0.3 is 13.3 Å². The predicted octanol–water partition coefficient (Wildman–Crippen LogP) is 5.08. The Balaban J connectivity index is 2.23. The number of fused-ring (bicyclic) bond motifs is 7. The fourth-order valence-electron chi connectivity index (χ4n) is 2.87. The molecule has 0 saturated carbocycles. The molecule has 0 aliphatic heterocycles. The summed E-state index contributed by atoms with van der Waals surface area (Å²) in [5, 5.41) is 7.64. The highest BCUT2D eigenvalue weighted by molar-refractivity contribution is 6.25. The van der Waals surface area contributed by atoms with Gasteiger partial charge in [0.1, 0.15) is 5.58 Å². The van der Waals surface area contributed by atoms with E-state index in [0.717, 1.165) is 43.3 Å². The maximum absolute atomic E-state index is 5.66. The third kappa shape index (κ3) is 1.03. The molecule has 0 bridgehead atoms. The largest absolute Gasteiger partial charge is 0.471 e. The monoisotopic (exact) mass is 248 g/mol. The van der Waals surface area contributed by atoms with Crippen LogP contribution in [-0.2, 0) is 0 Å². The van der Waals surface area contributed by atoms with Gasteiger partial charge in [0.05, 0.1) is 31.3 Å². The molecule has 0 fully saturated rings. The van der Waals surface area contributed by atoms with Crippen LogP contribution in [0.1, 0.15) is 0 Å². The Hall–Kier alpha value is -2.68. The van der Waals surface area contributed by atoms with Crippen molar-refractivity contribution in [2.24, 2.45) is 0 Å². The first-order chi connectivity index (χ1) is 9.42. The fraction of sp³-hybridized carbons (Fsp3) is 0. The van der Waals surface area contributed by atoms with Crippen LogP contribution in [0.25, 0.3) is 43.3 Å². The van der Waals surface area contributed by atoms with Crippen LogP contribution in [-0.4, -0.2) is 0 Å². The molecule has 0 unspecified atom stereocenters. The van der Waals surface area contributed by atoms with Crippen molar-refractivity contribution in [2.45, 2.75) is 0 Å². The van der Waals surface area contributed by atoms with Gasteiger partial charge in [0.15, 0.2) is 0 Å². The lowest BCUT2D eigenvalue weighted by atomic mass is 10.00. The van der Waals surface area contributed by atoms with E-state index in [4.69, 9.17) is 13.3 Å². The predicted molar refractivity (Wildman–Crippen MR) is 73.3 cm³/mol. The molecule has 90 valence electrons. The van der Waals surface area contributed by atoms with Crippen molar-refractivity contribution in [2.75, 3.05) is 0 Å². The second kappa shape index (κ2) is 3.01. The van der Waals surface area contributed by atoms with E-state index in [-0.39, 0.29) is 0 Å². The minimum absolute atomic E-state index is 0.895. The molecular weight excluding hydrogens is 240 g/mol. The highest BCUT2D eigenvalue weighted by atomic mass is 16.3. The number of hydrogen-bond acceptors (Lipinski definition) is 3. The highest BCUT2D eigenvalue weighted by Gasteiger charge is 2.13. The van der Waals surface area contributed by atoms with Crippen molar-refractivity contribution in [3.8, 4) is 0 Å². The van der Waals surface area contributed by atoms with Crippen LogP contribution in [0.4, 0.5) is 0 Å². The molecule has 0 saturated heterocycles. The molecule has 0 N–H and O–H groups in total. The number of rotatable bonds is 0. The molecule has 5 rings (SSSR count). The van der Waals surface area contributed by atoms with Gasteiger partial charge in [0.2, 0.25) is 0 Å². The zero-order chi connectivity index (χ0) is 12.4. The summed E-state index contributed by atoms with van der Waals surface area (Å²) >= 11 is 0. The minimum atomic E-state index is 0.895. The summed E-state index contributed by atoms with van der Waals surface area (Å²) < 4.78 is 16.3. The first-order valence-corrected chi connectivity index (χ1v) is 6.06. The molecule has 3 heteroatoms. The Morgan fingerprint density at radius 1 is 0.632 bits per heavy atom. The van der Waals surface area contributed by atoms with E-state index < -0.39 is 0 Å². The van der Waals surface area contributed by atoms with Crippen molar-refractivity contribution in [1.82, 2.24) is 0 Å². The van der Waals surface area contributed by atoms with Gasteiger partial charge in [0.25, 0.3) is 0 Å². The molecule has 0 spiro atoms. The summed E-state index contributed by atoms with van der Waals surface area (Å²) in [5.41, 5.74) is 0.895. The van der Waals surface area contributed by atoms with Gasteiger partial charge in [-0.2, -0.15) is 0 Å². The summed E-state index contributed by atoms with van der Waals surface area (Å²) in [5.74, 6) is 0. The Kier molecular flexibility index (Phi) is 1.47. The standard InChI is InChI=1S/C16H8O3/c1-2-19-16-11(1)14-7-18-8-15(14)12-3-9-5-17-6-10(9)4-13(12)16/h1-8H. The summed E-state index contributed by atoms with van der Waals surface area (Å²) in [4.78, 5) is 0. The SMILES string of the molecule is c1cc2c3cocc3c3cc4cocc4cc3c2o1. The van der Waals surface area contributed by atoms with Gasteiger partial charge >= 0.3 is 0 Å². The summed E-state index contributed by atoms with van der Waals surface area (Å²) in [6.45, 7) is 0. The van der Waals surface area contributed by atoms with E-state index in [9.17, 15) is 0 Å². The number of furan rings is 3. The van der Waals surface area contributed by atoms with Crippen molar-refractivity contribution in [3.05, 3.63) is 49.5 Å². The van der Waals surface area contributed by atoms with E-state index in [1.165, 1.54) is 0 Å². The molecule has 5 aromatic rings. The highest BCUT2D eigenvalue weighted by Crippen LogP contribution is 2.38.